The van der Waals surface area contributed by atoms with E-state index >= 15 is 0 Å². The van der Waals surface area contributed by atoms with Crippen LogP contribution in [0.1, 0.15) is 10.4 Å². The number of amides is 1. The molecule has 2 aliphatic rings. The number of piperazine rings is 1. The van der Waals surface area contributed by atoms with E-state index in [0.717, 1.165) is 19.6 Å². The van der Waals surface area contributed by atoms with Gasteiger partial charge in [-0.3, -0.25) is 9.69 Å². The molecule has 0 saturated carbocycles. The van der Waals surface area contributed by atoms with E-state index in [9.17, 15) is 9.90 Å². The number of carbonyl (C=O) groups excluding carboxylic acids is 1. The number of benzene rings is 1. The SMILES string of the molecule is O=C(c1ccc(Cl)cc1)N1CCN(C2CNCC2O)CC1. The highest BCUT2D eigenvalue weighted by atomic mass is 35.5. The summed E-state index contributed by atoms with van der Waals surface area (Å²) in [4.78, 5) is 16.5. The van der Waals surface area contributed by atoms with Crippen LogP contribution in [-0.4, -0.2) is 72.2 Å². The first-order chi connectivity index (χ1) is 10.1. The first-order valence-corrected chi connectivity index (χ1v) is 7.70. The Kier molecular flexibility index (Phi) is 4.45. The number of halogens is 1. The lowest BCUT2D eigenvalue weighted by molar-refractivity contribution is 0.0376. The fourth-order valence-corrected chi connectivity index (χ4v) is 3.18. The third-order valence-corrected chi connectivity index (χ3v) is 4.56. The van der Waals surface area contributed by atoms with Crippen molar-refractivity contribution in [3.05, 3.63) is 34.9 Å². The van der Waals surface area contributed by atoms with Gasteiger partial charge in [0.1, 0.15) is 0 Å². The molecule has 2 heterocycles. The molecule has 114 valence electrons. The average molecular weight is 310 g/mol. The van der Waals surface area contributed by atoms with Crippen molar-refractivity contribution < 1.29 is 9.90 Å². The van der Waals surface area contributed by atoms with Crippen LogP contribution in [0.25, 0.3) is 0 Å². The van der Waals surface area contributed by atoms with Gasteiger partial charge in [0.05, 0.1) is 6.10 Å². The van der Waals surface area contributed by atoms with Crippen molar-refractivity contribution in [1.29, 1.82) is 0 Å². The molecule has 1 aromatic carbocycles. The lowest BCUT2D eigenvalue weighted by Crippen LogP contribution is -2.54. The van der Waals surface area contributed by atoms with E-state index in [1.54, 1.807) is 24.3 Å². The molecule has 2 aliphatic heterocycles. The Morgan fingerprint density at radius 2 is 1.81 bits per heavy atom. The molecular weight excluding hydrogens is 290 g/mol. The summed E-state index contributed by atoms with van der Waals surface area (Å²) < 4.78 is 0. The molecule has 0 spiro atoms. The number of hydrogen-bond acceptors (Lipinski definition) is 4. The molecule has 2 saturated heterocycles. The Balaban J connectivity index is 1.58. The number of nitrogens with one attached hydrogen (secondary N) is 1. The van der Waals surface area contributed by atoms with E-state index in [0.29, 0.717) is 30.2 Å². The van der Waals surface area contributed by atoms with Crippen LogP contribution < -0.4 is 5.32 Å². The van der Waals surface area contributed by atoms with Gasteiger partial charge in [0.25, 0.3) is 5.91 Å². The van der Waals surface area contributed by atoms with Crippen LogP contribution in [0.5, 0.6) is 0 Å². The summed E-state index contributed by atoms with van der Waals surface area (Å²) in [6.07, 6.45) is -0.302. The quantitative estimate of drug-likeness (QED) is 0.832. The standard InChI is InChI=1S/C15H20ClN3O2/c16-12-3-1-11(2-4-12)15(21)19-7-5-18(6-8-19)13-9-17-10-14(13)20/h1-4,13-14,17,20H,5-10H2. The third kappa shape index (κ3) is 3.21. The monoisotopic (exact) mass is 309 g/mol. The highest BCUT2D eigenvalue weighted by Crippen LogP contribution is 2.16. The largest absolute Gasteiger partial charge is 0.390 e. The Bertz CT molecular complexity index is 500. The molecule has 2 fully saturated rings. The van der Waals surface area contributed by atoms with Gasteiger partial charge in [0.15, 0.2) is 0 Å². The minimum atomic E-state index is -0.302. The van der Waals surface area contributed by atoms with Gasteiger partial charge in [0, 0.05) is 55.9 Å². The first kappa shape index (κ1) is 14.8. The molecule has 0 bridgehead atoms. The van der Waals surface area contributed by atoms with Crippen LogP contribution in [-0.2, 0) is 0 Å². The normalized spacial score (nSPS) is 27.0. The van der Waals surface area contributed by atoms with E-state index in [1.807, 2.05) is 4.90 Å². The fourth-order valence-electron chi connectivity index (χ4n) is 3.06. The summed E-state index contributed by atoms with van der Waals surface area (Å²) in [5.41, 5.74) is 0.676. The van der Waals surface area contributed by atoms with Crippen molar-refractivity contribution in [3.63, 3.8) is 0 Å². The second kappa shape index (κ2) is 6.32. The summed E-state index contributed by atoms with van der Waals surface area (Å²) in [6.45, 7) is 4.50. The predicted octanol–water partition coefficient (Wildman–Crippen LogP) is 0.430. The number of nitrogens with zero attached hydrogens (tertiary/aromatic N) is 2. The first-order valence-electron chi connectivity index (χ1n) is 7.33. The number of hydrogen-bond donors (Lipinski definition) is 2. The maximum atomic E-state index is 12.4. The molecule has 2 unspecified atom stereocenters. The molecule has 5 nitrogen and oxygen atoms in total. The summed E-state index contributed by atoms with van der Waals surface area (Å²) >= 11 is 5.85. The van der Waals surface area contributed by atoms with Crippen molar-refractivity contribution in [2.45, 2.75) is 12.1 Å². The van der Waals surface area contributed by atoms with E-state index in [4.69, 9.17) is 11.6 Å². The number of rotatable bonds is 2. The summed E-state index contributed by atoms with van der Waals surface area (Å²) in [6, 6.07) is 7.19. The highest BCUT2D eigenvalue weighted by Gasteiger charge is 2.33. The van der Waals surface area contributed by atoms with Gasteiger partial charge in [-0.15, -0.1) is 0 Å². The van der Waals surface area contributed by atoms with Gasteiger partial charge in [-0.2, -0.15) is 0 Å². The zero-order chi connectivity index (χ0) is 14.8. The molecule has 2 atom stereocenters. The molecule has 3 rings (SSSR count). The lowest BCUT2D eigenvalue weighted by atomic mass is 10.1. The van der Waals surface area contributed by atoms with E-state index in [-0.39, 0.29) is 18.1 Å². The maximum absolute atomic E-state index is 12.4. The van der Waals surface area contributed by atoms with E-state index in [1.165, 1.54) is 0 Å². The average Bonchev–Trinajstić information content (AvgIpc) is 2.94. The highest BCUT2D eigenvalue weighted by molar-refractivity contribution is 6.30. The fraction of sp³-hybridized carbons (Fsp3) is 0.533. The van der Waals surface area contributed by atoms with Crippen LogP contribution in [0.2, 0.25) is 5.02 Å². The van der Waals surface area contributed by atoms with Gasteiger partial charge in [-0.25, -0.2) is 0 Å². The van der Waals surface area contributed by atoms with Crippen LogP contribution in [0.15, 0.2) is 24.3 Å². The van der Waals surface area contributed by atoms with Crippen molar-refractivity contribution in [2.24, 2.45) is 0 Å². The molecule has 0 aromatic heterocycles. The molecular formula is C15H20ClN3O2. The number of aliphatic hydroxyl groups is 1. The van der Waals surface area contributed by atoms with Gasteiger partial charge >= 0.3 is 0 Å². The molecule has 6 heteroatoms. The second-order valence-electron chi connectivity index (χ2n) is 5.63. The molecule has 0 aliphatic carbocycles. The lowest BCUT2D eigenvalue weighted by Gasteiger charge is -2.38. The summed E-state index contributed by atoms with van der Waals surface area (Å²) in [5, 5.41) is 13.8. The van der Waals surface area contributed by atoms with Gasteiger partial charge in [0.2, 0.25) is 0 Å². The summed E-state index contributed by atoms with van der Waals surface area (Å²) in [5.74, 6) is 0.0522. The number of aliphatic hydroxyl groups excluding tert-OH is 1. The predicted molar refractivity (Wildman–Crippen MR) is 81.6 cm³/mol. The van der Waals surface area contributed by atoms with Crippen LogP contribution in [0.4, 0.5) is 0 Å². The zero-order valence-corrected chi connectivity index (χ0v) is 12.6. The van der Waals surface area contributed by atoms with E-state index < -0.39 is 0 Å². The Hall–Kier alpha value is -1.14. The van der Waals surface area contributed by atoms with E-state index in [2.05, 4.69) is 10.2 Å². The smallest absolute Gasteiger partial charge is 0.253 e. The van der Waals surface area contributed by atoms with Crippen molar-refractivity contribution in [3.8, 4) is 0 Å². The van der Waals surface area contributed by atoms with Crippen LogP contribution >= 0.6 is 11.6 Å². The minimum absolute atomic E-state index is 0.0522. The minimum Gasteiger partial charge on any atom is -0.390 e. The Morgan fingerprint density at radius 3 is 2.38 bits per heavy atom. The van der Waals surface area contributed by atoms with Crippen molar-refractivity contribution in [2.75, 3.05) is 39.3 Å². The Morgan fingerprint density at radius 1 is 1.14 bits per heavy atom. The Labute approximate surface area is 129 Å². The molecule has 2 N–H and O–H groups in total. The van der Waals surface area contributed by atoms with Crippen LogP contribution in [0.3, 0.4) is 0 Å². The second-order valence-corrected chi connectivity index (χ2v) is 6.06. The summed E-state index contributed by atoms with van der Waals surface area (Å²) in [7, 11) is 0. The van der Waals surface area contributed by atoms with Gasteiger partial charge in [-0.1, -0.05) is 11.6 Å². The molecule has 1 aromatic rings. The van der Waals surface area contributed by atoms with Crippen molar-refractivity contribution in [1.82, 2.24) is 15.1 Å². The third-order valence-electron chi connectivity index (χ3n) is 4.31. The molecule has 1 amide bonds. The molecule has 0 radical (unpaired) electrons. The van der Waals surface area contributed by atoms with Crippen molar-refractivity contribution >= 4 is 17.5 Å². The topological polar surface area (TPSA) is 55.8 Å². The van der Waals surface area contributed by atoms with Gasteiger partial charge in [-0.05, 0) is 24.3 Å². The maximum Gasteiger partial charge on any atom is 0.253 e. The number of carbonyl (C=O) groups is 1. The van der Waals surface area contributed by atoms with Crippen LogP contribution in [0, 0.1) is 0 Å². The van der Waals surface area contributed by atoms with Gasteiger partial charge < -0.3 is 15.3 Å². The number of β-amino-alcohol motifs (C(OH)–C–C–N with tert-alkyl or cyclic N) is 1. The zero-order valence-electron chi connectivity index (χ0n) is 11.8. The molecule has 21 heavy (non-hydrogen) atoms.